The number of hydrogen-bond acceptors (Lipinski definition) is 6. The summed E-state index contributed by atoms with van der Waals surface area (Å²) in [5.41, 5.74) is 0.658. The molecular weight excluding hydrogens is 500 g/mol. The zero-order valence-corrected chi connectivity index (χ0v) is 23.0. The highest BCUT2D eigenvalue weighted by Gasteiger charge is 2.61. The molecule has 4 atom stereocenters. The highest BCUT2D eigenvalue weighted by Crippen LogP contribution is 2.45. The van der Waals surface area contributed by atoms with Crippen LogP contribution in [0.1, 0.15) is 72.1 Å². The number of nitrogens with one attached hydrogen (secondary N) is 3. The summed E-state index contributed by atoms with van der Waals surface area (Å²) in [7, 11) is 0. The first-order valence-corrected chi connectivity index (χ1v) is 13.9. The van der Waals surface area contributed by atoms with Crippen LogP contribution in [0.25, 0.3) is 0 Å². The van der Waals surface area contributed by atoms with E-state index < -0.39 is 35.2 Å². The Morgan fingerprint density at radius 2 is 1.82 bits per heavy atom. The molecule has 4 unspecified atom stereocenters. The molecule has 3 N–H and O–H groups in total. The largest absolute Gasteiger partial charge is 0.444 e. The Labute approximate surface area is 229 Å². The van der Waals surface area contributed by atoms with Crippen molar-refractivity contribution in [2.24, 2.45) is 5.92 Å². The number of amides is 4. The van der Waals surface area contributed by atoms with Crippen LogP contribution in [0.5, 0.6) is 5.75 Å². The average Bonchev–Trinajstić information content (AvgIpc) is 3.34. The second-order valence-electron chi connectivity index (χ2n) is 11.6. The summed E-state index contributed by atoms with van der Waals surface area (Å²) in [6, 6.07) is 7.37. The van der Waals surface area contributed by atoms with E-state index in [1.165, 1.54) is 4.90 Å². The van der Waals surface area contributed by atoms with Crippen LogP contribution in [0, 0.1) is 5.92 Å². The number of allylic oxidation sites excluding steroid dienone is 1. The lowest BCUT2D eigenvalue weighted by molar-refractivity contribution is -0.142. The Hall–Kier alpha value is -3.56. The molecule has 2 aliphatic heterocycles. The highest BCUT2D eigenvalue weighted by atomic mass is 16.7. The third kappa shape index (κ3) is 7.30. The van der Waals surface area contributed by atoms with Gasteiger partial charge in [0.05, 0.1) is 0 Å². The molecule has 1 aliphatic carbocycles. The maximum atomic E-state index is 13.6. The molecule has 0 radical (unpaired) electrons. The quantitative estimate of drug-likeness (QED) is 0.397. The Kier molecular flexibility index (Phi) is 8.82. The predicted molar refractivity (Wildman–Crippen MR) is 144 cm³/mol. The van der Waals surface area contributed by atoms with Gasteiger partial charge in [-0.05, 0) is 71.4 Å². The van der Waals surface area contributed by atoms with E-state index in [2.05, 4.69) is 16.1 Å². The molecule has 10 nitrogen and oxygen atoms in total. The van der Waals surface area contributed by atoms with Gasteiger partial charge in [0.15, 0.2) is 5.75 Å². The molecule has 4 amide bonds. The van der Waals surface area contributed by atoms with E-state index >= 15 is 0 Å². The number of ether oxygens (including phenoxy) is 1. The number of hydrogen-bond donors (Lipinski definition) is 3. The fourth-order valence-corrected chi connectivity index (χ4v) is 5.23. The lowest BCUT2D eigenvalue weighted by Crippen LogP contribution is -2.58. The molecule has 212 valence electrons. The summed E-state index contributed by atoms with van der Waals surface area (Å²) >= 11 is 0. The molecule has 1 saturated carbocycles. The van der Waals surface area contributed by atoms with Gasteiger partial charge in [-0.15, -0.1) is 0 Å². The zero-order chi connectivity index (χ0) is 28.0. The van der Waals surface area contributed by atoms with Gasteiger partial charge < -0.3 is 25.1 Å². The van der Waals surface area contributed by atoms with Crippen molar-refractivity contribution < 1.29 is 28.8 Å². The molecule has 2 fully saturated rings. The molecule has 0 spiro atoms. The monoisotopic (exact) mass is 540 g/mol. The average molecular weight is 541 g/mol. The molecule has 0 bridgehead atoms. The fourth-order valence-electron chi connectivity index (χ4n) is 5.23. The van der Waals surface area contributed by atoms with Crippen molar-refractivity contribution in [2.45, 2.75) is 95.4 Å². The van der Waals surface area contributed by atoms with Gasteiger partial charge >= 0.3 is 6.09 Å². The van der Waals surface area contributed by atoms with Crippen molar-refractivity contribution >= 4 is 23.8 Å². The molecule has 1 saturated heterocycles. The molecule has 10 heteroatoms. The minimum atomic E-state index is -1.14. The summed E-state index contributed by atoms with van der Waals surface area (Å²) in [6.07, 6.45) is 8.78. The number of alkyl carbamates (subject to hydrolysis) is 1. The summed E-state index contributed by atoms with van der Waals surface area (Å²) in [5.74, 6) is -0.797. The van der Waals surface area contributed by atoms with Crippen molar-refractivity contribution in [3.63, 3.8) is 0 Å². The zero-order valence-electron chi connectivity index (χ0n) is 23.0. The van der Waals surface area contributed by atoms with Crippen LogP contribution in [-0.4, -0.2) is 58.5 Å². The summed E-state index contributed by atoms with van der Waals surface area (Å²) in [5, 5.41) is 5.70. The third-order valence-corrected chi connectivity index (χ3v) is 7.33. The fraction of sp³-hybridized carbons (Fsp3) is 0.586. The van der Waals surface area contributed by atoms with Crippen LogP contribution in [-0.2, 0) is 19.1 Å². The minimum absolute atomic E-state index is 0.168. The first kappa shape index (κ1) is 28.4. The molecule has 1 aromatic carbocycles. The van der Waals surface area contributed by atoms with Crippen LogP contribution >= 0.6 is 0 Å². The van der Waals surface area contributed by atoms with Crippen molar-refractivity contribution in [1.29, 1.82) is 0 Å². The summed E-state index contributed by atoms with van der Waals surface area (Å²) in [6.45, 7) is 5.70. The number of carbonyl (C=O) groups excluding carboxylic acids is 4. The number of nitrogens with zero attached hydrogens (tertiary/aromatic N) is 1. The number of benzene rings is 1. The normalized spacial score (nSPS) is 27.7. The maximum absolute atomic E-state index is 13.6. The Balaban J connectivity index is 1.51. The van der Waals surface area contributed by atoms with E-state index in [1.54, 1.807) is 45.0 Å². The van der Waals surface area contributed by atoms with Crippen molar-refractivity contribution in [1.82, 2.24) is 21.0 Å². The van der Waals surface area contributed by atoms with E-state index in [4.69, 9.17) is 9.57 Å². The van der Waals surface area contributed by atoms with Gasteiger partial charge in [-0.1, -0.05) is 43.2 Å². The first-order valence-electron chi connectivity index (χ1n) is 13.9. The number of hydroxylamine groups is 1. The predicted octanol–water partition coefficient (Wildman–Crippen LogP) is 3.38. The topological polar surface area (TPSA) is 126 Å². The molecule has 4 rings (SSSR count). The Bertz CT molecular complexity index is 1080. The van der Waals surface area contributed by atoms with Crippen molar-refractivity contribution in [2.75, 3.05) is 6.54 Å². The highest BCUT2D eigenvalue weighted by molar-refractivity contribution is 5.98. The van der Waals surface area contributed by atoms with Gasteiger partial charge in [0, 0.05) is 12.5 Å². The summed E-state index contributed by atoms with van der Waals surface area (Å²) in [4.78, 5) is 60.0. The molecule has 2 heterocycles. The first-order chi connectivity index (χ1) is 18.6. The molecule has 0 aromatic heterocycles. The van der Waals surface area contributed by atoms with Gasteiger partial charge in [-0.3, -0.25) is 14.4 Å². The smallest absolute Gasteiger partial charge is 0.408 e. The van der Waals surface area contributed by atoms with E-state index in [-0.39, 0.29) is 17.7 Å². The SMILES string of the molecule is CC(C)(C)OC(=O)NC1CCCCCC=CC2CC2(C(=O)NOc2ccccc2)NC(=O)C2CCCN2C1=O. The number of carbonyl (C=O) groups is 4. The van der Waals surface area contributed by atoms with Crippen molar-refractivity contribution in [3.05, 3.63) is 42.5 Å². The second kappa shape index (κ2) is 12.1. The second-order valence-corrected chi connectivity index (χ2v) is 11.6. The number of rotatable bonds is 4. The van der Waals surface area contributed by atoms with Crippen LogP contribution in [0.15, 0.2) is 42.5 Å². The van der Waals surface area contributed by atoms with Crippen LogP contribution < -0.4 is 21.0 Å². The van der Waals surface area contributed by atoms with Crippen LogP contribution in [0.2, 0.25) is 0 Å². The molecular formula is C29H40N4O6. The Morgan fingerprint density at radius 1 is 1.05 bits per heavy atom. The van der Waals surface area contributed by atoms with Crippen molar-refractivity contribution in [3.8, 4) is 5.75 Å². The van der Waals surface area contributed by atoms with Gasteiger partial charge in [0.25, 0.3) is 5.91 Å². The van der Waals surface area contributed by atoms with E-state index in [9.17, 15) is 19.2 Å². The molecule has 39 heavy (non-hydrogen) atoms. The standard InChI is InChI=1S/C29H40N4O6/c1-28(2,3)38-27(37)30-22-16-11-6-4-5-8-13-20-19-29(20,26(36)32-39-21-14-9-7-10-15-21)31-24(34)23-17-12-18-33(23)25(22)35/h7-10,13-15,20,22-23H,4-6,11-12,16-19H2,1-3H3,(H,30,37)(H,31,34)(H,32,36). The van der Waals surface area contributed by atoms with E-state index in [1.807, 2.05) is 18.2 Å². The van der Waals surface area contributed by atoms with E-state index in [0.717, 1.165) is 25.7 Å². The van der Waals surface area contributed by atoms with E-state index in [0.29, 0.717) is 38.0 Å². The molecule has 1 aromatic rings. The van der Waals surface area contributed by atoms with Gasteiger partial charge in [-0.25, -0.2) is 4.79 Å². The van der Waals surface area contributed by atoms with Crippen LogP contribution in [0.4, 0.5) is 4.79 Å². The lowest BCUT2D eigenvalue weighted by Gasteiger charge is -2.30. The number of fused-ring (bicyclic) bond motifs is 2. The van der Waals surface area contributed by atoms with Crippen LogP contribution in [0.3, 0.4) is 0 Å². The van der Waals surface area contributed by atoms with Gasteiger partial charge in [0.1, 0.15) is 23.2 Å². The third-order valence-electron chi connectivity index (χ3n) is 7.33. The summed E-state index contributed by atoms with van der Waals surface area (Å²) < 4.78 is 5.40. The number of para-hydroxylation sites is 1. The maximum Gasteiger partial charge on any atom is 0.408 e. The Morgan fingerprint density at radius 3 is 2.56 bits per heavy atom. The van der Waals surface area contributed by atoms with Gasteiger partial charge in [-0.2, -0.15) is 5.48 Å². The minimum Gasteiger partial charge on any atom is -0.444 e. The molecule has 3 aliphatic rings. The lowest BCUT2D eigenvalue weighted by atomic mass is 10.0. The van der Waals surface area contributed by atoms with Gasteiger partial charge in [0.2, 0.25) is 11.8 Å².